The van der Waals surface area contributed by atoms with Crippen LogP contribution in [0.2, 0.25) is 0 Å². The second-order valence-electron chi connectivity index (χ2n) is 5.64. The lowest BCUT2D eigenvalue weighted by Crippen LogP contribution is -2.28. The van der Waals surface area contributed by atoms with Crippen LogP contribution in [0.15, 0.2) is 36.4 Å². The van der Waals surface area contributed by atoms with Crippen LogP contribution in [0.1, 0.15) is 23.9 Å². The molecule has 21 heavy (non-hydrogen) atoms. The van der Waals surface area contributed by atoms with E-state index in [9.17, 15) is 0 Å². The molecular formula is C18H27N3. The smallest absolute Gasteiger partial charge is 0.0455 e. The predicted molar refractivity (Wildman–Crippen MR) is 90.1 cm³/mol. The number of nitrogens with one attached hydrogen (secondary N) is 1. The van der Waals surface area contributed by atoms with Crippen molar-refractivity contribution in [3.63, 3.8) is 0 Å². The summed E-state index contributed by atoms with van der Waals surface area (Å²) in [5.41, 5.74) is 5.25. The highest BCUT2D eigenvalue weighted by atomic mass is 15.1. The van der Waals surface area contributed by atoms with Crippen LogP contribution in [0.25, 0.3) is 5.69 Å². The summed E-state index contributed by atoms with van der Waals surface area (Å²) in [7, 11) is 2.16. The number of nitrogens with zero attached hydrogens (tertiary/aromatic N) is 2. The third-order valence-corrected chi connectivity index (χ3v) is 4.08. The molecule has 3 heteroatoms. The van der Waals surface area contributed by atoms with Gasteiger partial charge in [-0.25, -0.2) is 0 Å². The number of benzene rings is 1. The third kappa shape index (κ3) is 3.96. The monoisotopic (exact) mass is 285 g/mol. The summed E-state index contributed by atoms with van der Waals surface area (Å²) in [6.45, 7) is 10.7. The fourth-order valence-corrected chi connectivity index (χ4v) is 2.63. The quantitative estimate of drug-likeness (QED) is 0.789. The molecule has 1 aromatic carbocycles. The van der Waals surface area contributed by atoms with Crippen LogP contribution in [0.5, 0.6) is 0 Å². The van der Waals surface area contributed by atoms with E-state index in [0.717, 1.165) is 26.2 Å². The minimum atomic E-state index is 0.935. The van der Waals surface area contributed by atoms with Gasteiger partial charge in [0.1, 0.15) is 0 Å². The van der Waals surface area contributed by atoms with Crippen molar-refractivity contribution in [3.8, 4) is 5.69 Å². The molecule has 0 atom stereocenters. The predicted octanol–water partition coefficient (Wildman–Crippen LogP) is 3.14. The lowest BCUT2D eigenvalue weighted by molar-refractivity contribution is 0.349. The van der Waals surface area contributed by atoms with Gasteiger partial charge in [0, 0.05) is 36.7 Å². The molecule has 3 nitrogen and oxygen atoms in total. The molecule has 1 aromatic heterocycles. The van der Waals surface area contributed by atoms with E-state index < -0.39 is 0 Å². The van der Waals surface area contributed by atoms with Gasteiger partial charge < -0.3 is 14.8 Å². The van der Waals surface area contributed by atoms with Gasteiger partial charge in [-0.15, -0.1) is 0 Å². The second kappa shape index (κ2) is 7.43. The first-order chi connectivity index (χ1) is 10.1. The normalized spacial score (nSPS) is 11.3. The van der Waals surface area contributed by atoms with Gasteiger partial charge in [-0.1, -0.05) is 25.1 Å². The minimum absolute atomic E-state index is 0.935. The summed E-state index contributed by atoms with van der Waals surface area (Å²) in [6, 6.07) is 12.9. The van der Waals surface area contributed by atoms with Crippen molar-refractivity contribution in [1.29, 1.82) is 0 Å². The van der Waals surface area contributed by atoms with E-state index in [1.54, 1.807) is 0 Å². The Morgan fingerprint density at radius 2 is 1.86 bits per heavy atom. The number of aryl methyl sites for hydroxylation is 1. The summed E-state index contributed by atoms with van der Waals surface area (Å²) in [5.74, 6) is 0. The first-order valence-corrected chi connectivity index (χ1v) is 7.76. The van der Waals surface area contributed by atoms with Gasteiger partial charge in [0.2, 0.25) is 0 Å². The van der Waals surface area contributed by atoms with Crippen LogP contribution in [-0.2, 0) is 6.54 Å². The topological polar surface area (TPSA) is 20.2 Å². The first kappa shape index (κ1) is 15.8. The molecule has 2 rings (SSSR count). The van der Waals surface area contributed by atoms with Gasteiger partial charge in [-0.05, 0) is 51.2 Å². The molecule has 0 aliphatic heterocycles. The number of rotatable bonds is 7. The molecule has 0 aliphatic rings. The highest BCUT2D eigenvalue weighted by Crippen LogP contribution is 2.20. The van der Waals surface area contributed by atoms with Crippen molar-refractivity contribution < 1.29 is 0 Å². The zero-order valence-electron chi connectivity index (χ0n) is 13.7. The summed E-state index contributed by atoms with van der Waals surface area (Å²) in [5, 5.41) is 3.54. The fraction of sp³-hybridized carbons (Fsp3) is 0.444. The summed E-state index contributed by atoms with van der Waals surface area (Å²) in [4.78, 5) is 2.32. The SMILES string of the molecule is CCN(C)CCNCc1cc(C)n(-c2ccccc2)c1C. The first-order valence-electron chi connectivity index (χ1n) is 7.76. The van der Waals surface area contributed by atoms with Gasteiger partial charge in [0.05, 0.1) is 0 Å². The number of hydrogen-bond acceptors (Lipinski definition) is 2. The molecule has 0 spiro atoms. The maximum absolute atomic E-state index is 3.54. The molecule has 0 saturated carbocycles. The number of likely N-dealkylation sites (N-methyl/N-ethyl adjacent to an activating group) is 1. The molecule has 114 valence electrons. The van der Waals surface area contributed by atoms with E-state index in [4.69, 9.17) is 0 Å². The minimum Gasteiger partial charge on any atom is -0.318 e. The highest BCUT2D eigenvalue weighted by Gasteiger charge is 2.09. The van der Waals surface area contributed by atoms with Crippen LogP contribution in [-0.4, -0.2) is 36.1 Å². The molecule has 0 unspecified atom stereocenters. The Labute approximate surface area is 128 Å². The van der Waals surface area contributed by atoms with Crippen molar-refractivity contribution in [2.75, 3.05) is 26.7 Å². The number of para-hydroxylation sites is 1. The zero-order valence-corrected chi connectivity index (χ0v) is 13.7. The summed E-state index contributed by atoms with van der Waals surface area (Å²) in [6.07, 6.45) is 0. The molecule has 0 radical (unpaired) electrons. The van der Waals surface area contributed by atoms with E-state index >= 15 is 0 Å². The van der Waals surface area contributed by atoms with Crippen molar-refractivity contribution in [2.24, 2.45) is 0 Å². The van der Waals surface area contributed by atoms with E-state index in [1.807, 2.05) is 0 Å². The number of aromatic nitrogens is 1. The average Bonchev–Trinajstić information content (AvgIpc) is 2.78. The van der Waals surface area contributed by atoms with E-state index in [1.165, 1.54) is 22.6 Å². The second-order valence-corrected chi connectivity index (χ2v) is 5.64. The van der Waals surface area contributed by atoms with Gasteiger partial charge >= 0.3 is 0 Å². The Morgan fingerprint density at radius 3 is 2.52 bits per heavy atom. The molecular weight excluding hydrogens is 258 g/mol. The molecule has 1 N–H and O–H groups in total. The molecule has 0 amide bonds. The van der Waals surface area contributed by atoms with Crippen molar-refractivity contribution in [2.45, 2.75) is 27.3 Å². The van der Waals surface area contributed by atoms with Gasteiger partial charge in [0.15, 0.2) is 0 Å². The van der Waals surface area contributed by atoms with Crippen molar-refractivity contribution in [1.82, 2.24) is 14.8 Å². The Balaban J connectivity index is 2.03. The van der Waals surface area contributed by atoms with Crippen LogP contribution < -0.4 is 5.32 Å². The molecule has 1 heterocycles. The van der Waals surface area contributed by atoms with Crippen molar-refractivity contribution >= 4 is 0 Å². The lowest BCUT2D eigenvalue weighted by Gasteiger charge is -2.14. The largest absolute Gasteiger partial charge is 0.318 e. The number of hydrogen-bond donors (Lipinski definition) is 1. The Kier molecular flexibility index (Phi) is 5.59. The molecule has 0 aliphatic carbocycles. The maximum atomic E-state index is 3.54. The molecule has 2 aromatic rings. The molecule has 0 bridgehead atoms. The summed E-state index contributed by atoms with van der Waals surface area (Å²) >= 11 is 0. The van der Waals surface area contributed by atoms with Crippen LogP contribution >= 0.6 is 0 Å². The standard InChI is InChI=1S/C18H27N3/c1-5-20(4)12-11-19-14-17-13-15(2)21(16(17)3)18-9-7-6-8-10-18/h6-10,13,19H,5,11-12,14H2,1-4H3. The Morgan fingerprint density at radius 1 is 1.14 bits per heavy atom. The maximum Gasteiger partial charge on any atom is 0.0455 e. The van der Waals surface area contributed by atoms with Crippen LogP contribution in [0, 0.1) is 13.8 Å². The average molecular weight is 285 g/mol. The third-order valence-electron chi connectivity index (χ3n) is 4.08. The van der Waals surface area contributed by atoms with E-state index in [-0.39, 0.29) is 0 Å². The Bertz CT molecular complexity index is 557. The van der Waals surface area contributed by atoms with Crippen molar-refractivity contribution in [3.05, 3.63) is 53.3 Å². The lowest BCUT2D eigenvalue weighted by atomic mass is 10.2. The Hall–Kier alpha value is -1.58. The fourth-order valence-electron chi connectivity index (χ4n) is 2.63. The summed E-state index contributed by atoms with van der Waals surface area (Å²) < 4.78 is 2.33. The van der Waals surface area contributed by atoms with Gasteiger partial charge in [-0.2, -0.15) is 0 Å². The highest BCUT2D eigenvalue weighted by molar-refractivity contribution is 5.40. The van der Waals surface area contributed by atoms with Crippen LogP contribution in [0.4, 0.5) is 0 Å². The van der Waals surface area contributed by atoms with E-state index in [0.29, 0.717) is 0 Å². The molecule has 0 fully saturated rings. The van der Waals surface area contributed by atoms with E-state index in [2.05, 4.69) is 79.0 Å². The van der Waals surface area contributed by atoms with Gasteiger partial charge in [0.25, 0.3) is 0 Å². The van der Waals surface area contributed by atoms with Gasteiger partial charge in [-0.3, -0.25) is 0 Å². The van der Waals surface area contributed by atoms with Crippen LogP contribution in [0.3, 0.4) is 0 Å². The zero-order chi connectivity index (χ0) is 15.2. The molecule has 0 saturated heterocycles.